The van der Waals surface area contributed by atoms with Crippen LogP contribution < -0.4 is 5.32 Å². The first-order valence-corrected chi connectivity index (χ1v) is 10.2. The van der Waals surface area contributed by atoms with Crippen molar-refractivity contribution in [2.45, 2.75) is 26.7 Å². The highest BCUT2D eigenvalue weighted by Crippen LogP contribution is 2.25. The first-order chi connectivity index (χ1) is 15.4. The van der Waals surface area contributed by atoms with Gasteiger partial charge in [-0.15, -0.1) is 5.10 Å². The van der Waals surface area contributed by atoms with Crippen LogP contribution in [0.1, 0.15) is 44.9 Å². The van der Waals surface area contributed by atoms with Gasteiger partial charge < -0.3 is 10.2 Å². The van der Waals surface area contributed by atoms with E-state index in [-0.39, 0.29) is 17.3 Å². The van der Waals surface area contributed by atoms with Gasteiger partial charge >= 0.3 is 0 Å². The Morgan fingerprint density at radius 1 is 1.09 bits per heavy atom. The lowest BCUT2D eigenvalue weighted by Gasteiger charge is -2.19. The van der Waals surface area contributed by atoms with Crippen LogP contribution in [0.2, 0.25) is 0 Å². The molecule has 10 heteroatoms. The fourth-order valence-corrected chi connectivity index (χ4v) is 3.80. The predicted octanol–water partition coefficient (Wildman–Crippen LogP) is 3.28. The molecule has 4 rings (SSSR count). The van der Waals surface area contributed by atoms with E-state index in [2.05, 4.69) is 15.6 Å². The molecule has 1 fully saturated rings. The molecule has 1 aliphatic heterocycles. The molecule has 2 heterocycles. The number of nitrogens with one attached hydrogen (secondary N) is 1. The number of para-hydroxylation sites is 1. The molecule has 10 nitrogen and oxygen atoms in total. The maximum absolute atomic E-state index is 13.0. The summed E-state index contributed by atoms with van der Waals surface area (Å²) in [6.45, 7) is 4.89. The minimum Gasteiger partial charge on any atom is -0.339 e. The first kappa shape index (κ1) is 21.2. The number of benzene rings is 2. The van der Waals surface area contributed by atoms with Crippen molar-refractivity contribution < 1.29 is 14.5 Å². The van der Waals surface area contributed by atoms with Gasteiger partial charge in [0, 0.05) is 25.2 Å². The molecule has 3 aromatic rings. The van der Waals surface area contributed by atoms with Crippen molar-refractivity contribution in [3.05, 3.63) is 75.1 Å². The van der Waals surface area contributed by atoms with Crippen LogP contribution in [0.15, 0.2) is 42.5 Å². The van der Waals surface area contributed by atoms with Gasteiger partial charge in [0.05, 0.1) is 27.6 Å². The van der Waals surface area contributed by atoms with Crippen LogP contribution in [-0.4, -0.2) is 49.7 Å². The number of nitrogens with zero attached hydrogens (tertiary/aromatic N) is 5. The van der Waals surface area contributed by atoms with Crippen molar-refractivity contribution >= 4 is 23.2 Å². The van der Waals surface area contributed by atoms with Crippen molar-refractivity contribution in [3.8, 4) is 5.69 Å². The van der Waals surface area contributed by atoms with Crippen LogP contribution in [0.3, 0.4) is 0 Å². The molecule has 0 radical (unpaired) electrons. The van der Waals surface area contributed by atoms with Crippen molar-refractivity contribution in [3.63, 3.8) is 0 Å². The lowest BCUT2D eigenvalue weighted by molar-refractivity contribution is -0.384. The second kappa shape index (κ2) is 8.58. The molecular formula is C22H22N6O4. The highest BCUT2D eigenvalue weighted by Gasteiger charge is 2.25. The maximum Gasteiger partial charge on any atom is 0.278 e. The molecule has 164 valence electrons. The highest BCUT2D eigenvalue weighted by molar-refractivity contribution is 6.09. The summed E-state index contributed by atoms with van der Waals surface area (Å²) in [5.41, 5.74) is 2.45. The molecule has 2 amide bonds. The summed E-state index contributed by atoms with van der Waals surface area (Å²) < 4.78 is 1.37. The molecule has 0 aliphatic carbocycles. The van der Waals surface area contributed by atoms with Crippen LogP contribution in [-0.2, 0) is 0 Å². The van der Waals surface area contributed by atoms with Crippen LogP contribution in [0.5, 0.6) is 0 Å². The van der Waals surface area contributed by atoms with E-state index in [0.29, 0.717) is 35.7 Å². The number of aryl methyl sites for hydroxylation is 1. The number of nitro benzene ring substituents is 1. The standard InChI is InChI=1S/C22H22N6O4/c1-14-7-5-10-18(22(30)26-11-3-4-12-26)19(14)23-21(29)20-15(2)27(25-24-20)16-8-6-9-17(13-16)28(31)32/h5-10,13H,3-4,11-12H2,1-2H3,(H,23,29). The molecule has 0 bridgehead atoms. The number of rotatable bonds is 5. The van der Waals surface area contributed by atoms with Crippen LogP contribution in [0.25, 0.3) is 5.69 Å². The van der Waals surface area contributed by atoms with Gasteiger partial charge in [0.2, 0.25) is 0 Å². The number of likely N-dealkylation sites (tertiary alicyclic amines) is 1. The van der Waals surface area contributed by atoms with E-state index in [4.69, 9.17) is 0 Å². The molecule has 0 unspecified atom stereocenters. The average Bonchev–Trinajstić information content (AvgIpc) is 3.45. The van der Waals surface area contributed by atoms with Gasteiger partial charge in [0.15, 0.2) is 5.69 Å². The zero-order chi connectivity index (χ0) is 22.8. The monoisotopic (exact) mass is 434 g/mol. The number of carbonyl (C=O) groups is 2. The lowest BCUT2D eigenvalue weighted by Crippen LogP contribution is -2.29. The van der Waals surface area contributed by atoms with Gasteiger partial charge in [-0.3, -0.25) is 19.7 Å². The Morgan fingerprint density at radius 2 is 1.81 bits per heavy atom. The van der Waals surface area contributed by atoms with Gasteiger partial charge in [0.25, 0.3) is 17.5 Å². The lowest BCUT2D eigenvalue weighted by atomic mass is 10.1. The number of nitro groups is 1. The molecular weight excluding hydrogens is 412 g/mol. The second-order valence-corrected chi connectivity index (χ2v) is 7.66. The largest absolute Gasteiger partial charge is 0.339 e. The Hall–Kier alpha value is -4.08. The summed E-state index contributed by atoms with van der Waals surface area (Å²) in [4.78, 5) is 38.4. The zero-order valence-corrected chi connectivity index (χ0v) is 17.7. The molecule has 1 N–H and O–H groups in total. The Morgan fingerprint density at radius 3 is 2.53 bits per heavy atom. The van der Waals surface area contributed by atoms with E-state index in [1.165, 1.54) is 22.9 Å². The van der Waals surface area contributed by atoms with Crippen LogP contribution >= 0.6 is 0 Å². The van der Waals surface area contributed by atoms with E-state index >= 15 is 0 Å². The van der Waals surface area contributed by atoms with Crippen molar-refractivity contribution in [1.82, 2.24) is 19.9 Å². The summed E-state index contributed by atoms with van der Waals surface area (Å²) in [5, 5.41) is 21.9. The fraction of sp³-hybridized carbons (Fsp3) is 0.273. The van der Waals surface area contributed by atoms with Gasteiger partial charge in [0.1, 0.15) is 0 Å². The molecule has 0 atom stereocenters. The topological polar surface area (TPSA) is 123 Å². The summed E-state index contributed by atoms with van der Waals surface area (Å²) in [6.07, 6.45) is 1.94. The van der Waals surface area contributed by atoms with Gasteiger partial charge in [-0.2, -0.15) is 0 Å². The molecule has 1 aromatic heterocycles. The number of hydrogen-bond donors (Lipinski definition) is 1. The van der Waals surface area contributed by atoms with Crippen LogP contribution in [0.4, 0.5) is 11.4 Å². The Kier molecular flexibility index (Phi) is 5.67. The first-order valence-electron chi connectivity index (χ1n) is 10.2. The van der Waals surface area contributed by atoms with E-state index in [1.807, 2.05) is 13.0 Å². The van der Waals surface area contributed by atoms with Gasteiger partial charge in [-0.05, 0) is 44.4 Å². The van der Waals surface area contributed by atoms with E-state index in [1.54, 1.807) is 30.0 Å². The number of non-ortho nitro benzene ring substituents is 1. The third-order valence-corrected chi connectivity index (χ3v) is 5.53. The molecule has 2 aromatic carbocycles. The predicted molar refractivity (Wildman–Crippen MR) is 117 cm³/mol. The van der Waals surface area contributed by atoms with E-state index in [9.17, 15) is 19.7 Å². The summed E-state index contributed by atoms with van der Waals surface area (Å²) >= 11 is 0. The second-order valence-electron chi connectivity index (χ2n) is 7.66. The van der Waals surface area contributed by atoms with Crippen LogP contribution in [0, 0.1) is 24.0 Å². The SMILES string of the molecule is Cc1cccc(C(=O)N2CCCC2)c1NC(=O)c1nnn(-c2cccc([N+](=O)[O-])c2)c1C. The molecule has 1 aliphatic rings. The maximum atomic E-state index is 13.0. The highest BCUT2D eigenvalue weighted by atomic mass is 16.6. The minimum atomic E-state index is -0.510. The minimum absolute atomic E-state index is 0.0688. The fourth-order valence-electron chi connectivity index (χ4n) is 3.80. The average molecular weight is 434 g/mol. The Balaban J connectivity index is 1.63. The third kappa shape index (κ3) is 3.94. The zero-order valence-electron chi connectivity index (χ0n) is 17.7. The number of carbonyl (C=O) groups excluding carboxylic acids is 2. The van der Waals surface area contributed by atoms with Gasteiger partial charge in [-0.1, -0.05) is 23.4 Å². The molecule has 0 saturated carbocycles. The van der Waals surface area contributed by atoms with Gasteiger partial charge in [-0.25, -0.2) is 4.68 Å². The normalized spacial score (nSPS) is 13.2. The molecule has 1 saturated heterocycles. The van der Waals surface area contributed by atoms with Crippen molar-refractivity contribution in [2.24, 2.45) is 0 Å². The number of hydrogen-bond acceptors (Lipinski definition) is 6. The summed E-state index contributed by atoms with van der Waals surface area (Å²) in [5.74, 6) is -0.623. The van der Waals surface area contributed by atoms with Crippen molar-refractivity contribution in [1.29, 1.82) is 0 Å². The molecule has 0 spiro atoms. The smallest absolute Gasteiger partial charge is 0.278 e. The number of anilines is 1. The number of aromatic nitrogens is 3. The summed E-state index contributed by atoms with van der Waals surface area (Å²) in [6, 6.07) is 11.2. The quantitative estimate of drug-likeness (QED) is 0.486. The molecule has 32 heavy (non-hydrogen) atoms. The van der Waals surface area contributed by atoms with E-state index in [0.717, 1.165) is 18.4 Å². The Labute approximate surface area is 184 Å². The Bertz CT molecular complexity index is 1210. The van der Waals surface area contributed by atoms with E-state index < -0.39 is 10.8 Å². The third-order valence-electron chi connectivity index (χ3n) is 5.53. The summed E-state index contributed by atoms with van der Waals surface area (Å²) in [7, 11) is 0. The van der Waals surface area contributed by atoms with Crippen molar-refractivity contribution in [2.75, 3.05) is 18.4 Å². The number of amides is 2.